The van der Waals surface area contributed by atoms with E-state index < -0.39 is 11.8 Å². The topological polar surface area (TPSA) is 94.7 Å². The summed E-state index contributed by atoms with van der Waals surface area (Å²) in [7, 11) is 1.54. The number of fused-ring (bicyclic) bond motifs is 1. The van der Waals surface area contributed by atoms with Crippen molar-refractivity contribution in [3.8, 4) is 5.75 Å². The van der Waals surface area contributed by atoms with Crippen molar-refractivity contribution in [3.05, 3.63) is 72.4 Å². The van der Waals surface area contributed by atoms with Gasteiger partial charge < -0.3 is 19.5 Å². The Hall–Kier alpha value is -4.33. The van der Waals surface area contributed by atoms with E-state index in [1.54, 1.807) is 18.2 Å². The standard InChI is InChI=1S/C26H24N4O4/c1-3-22(31)30-12-10-29(11-13-30)16-8-9-21(34-2)18(14-16)23-24(26(33)28-25(23)32)19-15-27-20-7-5-4-6-17(19)20/h3-9,14-15,27H,1,10-13H2,2H3,(H,28,32,33). The van der Waals surface area contributed by atoms with Crippen molar-refractivity contribution in [2.75, 3.05) is 38.2 Å². The molecule has 3 heterocycles. The van der Waals surface area contributed by atoms with Crippen LogP contribution in [0.4, 0.5) is 5.69 Å². The zero-order valence-electron chi connectivity index (χ0n) is 18.8. The zero-order chi connectivity index (χ0) is 23.8. The molecule has 34 heavy (non-hydrogen) atoms. The summed E-state index contributed by atoms with van der Waals surface area (Å²) in [5, 5.41) is 3.31. The van der Waals surface area contributed by atoms with Gasteiger partial charge in [-0.1, -0.05) is 24.8 Å². The first-order valence-electron chi connectivity index (χ1n) is 11.0. The summed E-state index contributed by atoms with van der Waals surface area (Å²) in [5.41, 5.74) is 3.59. The van der Waals surface area contributed by atoms with E-state index in [1.165, 1.54) is 6.08 Å². The van der Waals surface area contributed by atoms with E-state index in [-0.39, 0.29) is 11.5 Å². The van der Waals surface area contributed by atoms with E-state index in [9.17, 15) is 14.4 Å². The first-order chi connectivity index (χ1) is 16.5. The van der Waals surface area contributed by atoms with Gasteiger partial charge in [-0.3, -0.25) is 19.7 Å². The third-order valence-corrected chi connectivity index (χ3v) is 6.37. The Labute approximate surface area is 196 Å². The van der Waals surface area contributed by atoms with Gasteiger partial charge >= 0.3 is 0 Å². The molecule has 3 aromatic rings. The van der Waals surface area contributed by atoms with Gasteiger partial charge in [0, 0.05) is 60.1 Å². The van der Waals surface area contributed by atoms with Gasteiger partial charge in [-0.2, -0.15) is 0 Å². The number of carbonyl (C=O) groups is 3. The molecule has 2 aliphatic rings. The molecular formula is C26H24N4O4. The smallest absolute Gasteiger partial charge is 0.259 e. The minimum absolute atomic E-state index is 0.0789. The number of carbonyl (C=O) groups excluding carboxylic acids is 3. The number of amides is 3. The van der Waals surface area contributed by atoms with Crippen molar-refractivity contribution in [2.45, 2.75) is 0 Å². The van der Waals surface area contributed by atoms with Crippen molar-refractivity contribution in [2.24, 2.45) is 0 Å². The maximum atomic E-state index is 13.0. The summed E-state index contributed by atoms with van der Waals surface area (Å²) in [6, 6.07) is 13.3. The molecular weight excluding hydrogens is 432 g/mol. The molecule has 172 valence electrons. The number of aromatic nitrogens is 1. The first kappa shape index (κ1) is 21.5. The van der Waals surface area contributed by atoms with Crippen LogP contribution in [-0.4, -0.2) is 60.9 Å². The summed E-state index contributed by atoms with van der Waals surface area (Å²) in [4.78, 5) is 44.9. The SMILES string of the molecule is C=CC(=O)N1CCN(c2ccc(OC)c(C3=C(c4c[nH]c5ccccc45)C(=O)NC3=O)c2)CC1. The molecule has 0 bridgehead atoms. The quantitative estimate of drug-likeness (QED) is 0.455. The van der Waals surface area contributed by atoms with Gasteiger partial charge in [-0.25, -0.2) is 0 Å². The normalized spacial score (nSPS) is 16.3. The van der Waals surface area contributed by atoms with E-state index in [4.69, 9.17) is 4.74 Å². The maximum Gasteiger partial charge on any atom is 0.259 e. The number of para-hydroxylation sites is 1. The van der Waals surface area contributed by atoms with Crippen LogP contribution in [0.3, 0.4) is 0 Å². The van der Waals surface area contributed by atoms with Crippen LogP contribution in [0.2, 0.25) is 0 Å². The van der Waals surface area contributed by atoms with Crippen molar-refractivity contribution >= 4 is 45.5 Å². The lowest BCUT2D eigenvalue weighted by molar-refractivity contribution is -0.126. The Morgan fingerprint density at radius 2 is 1.71 bits per heavy atom. The number of ether oxygens (including phenoxy) is 1. The second kappa shape index (κ2) is 8.55. The van der Waals surface area contributed by atoms with Gasteiger partial charge in [0.1, 0.15) is 5.75 Å². The fraction of sp³-hybridized carbons (Fsp3) is 0.192. The van der Waals surface area contributed by atoms with Crippen molar-refractivity contribution in [3.63, 3.8) is 0 Å². The lowest BCUT2D eigenvalue weighted by Gasteiger charge is -2.36. The first-order valence-corrected chi connectivity index (χ1v) is 11.0. The maximum absolute atomic E-state index is 13.0. The van der Waals surface area contributed by atoms with Gasteiger partial charge in [0.2, 0.25) is 5.91 Å². The monoisotopic (exact) mass is 456 g/mol. The number of anilines is 1. The molecule has 0 spiro atoms. The number of methoxy groups -OCH3 is 1. The van der Waals surface area contributed by atoms with E-state index in [1.807, 2.05) is 42.5 Å². The zero-order valence-corrected chi connectivity index (χ0v) is 18.8. The number of H-pyrrole nitrogens is 1. The lowest BCUT2D eigenvalue weighted by Crippen LogP contribution is -2.48. The number of nitrogens with zero attached hydrogens (tertiary/aromatic N) is 2. The van der Waals surface area contributed by atoms with Crippen LogP contribution >= 0.6 is 0 Å². The van der Waals surface area contributed by atoms with Gasteiger partial charge in [0.15, 0.2) is 0 Å². The molecule has 2 aliphatic heterocycles. The third kappa shape index (κ3) is 3.53. The summed E-state index contributed by atoms with van der Waals surface area (Å²) in [6.45, 7) is 6.00. The molecule has 1 aromatic heterocycles. The summed E-state index contributed by atoms with van der Waals surface area (Å²) in [5.74, 6) is -0.470. The van der Waals surface area contributed by atoms with Gasteiger partial charge in [0.25, 0.3) is 11.8 Å². The van der Waals surface area contributed by atoms with Crippen LogP contribution in [0.1, 0.15) is 11.1 Å². The molecule has 3 amide bonds. The molecule has 2 N–H and O–H groups in total. The molecule has 0 atom stereocenters. The third-order valence-electron chi connectivity index (χ3n) is 6.37. The highest BCUT2D eigenvalue weighted by atomic mass is 16.5. The molecule has 0 saturated carbocycles. The number of hydrogen-bond acceptors (Lipinski definition) is 5. The van der Waals surface area contributed by atoms with E-state index >= 15 is 0 Å². The van der Waals surface area contributed by atoms with Crippen molar-refractivity contribution in [1.82, 2.24) is 15.2 Å². The van der Waals surface area contributed by atoms with Crippen LogP contribution in [0.5, 0.6) is 5.75 Å². The minimum Gasteiger partial charge on any atom is -0.496 e. The molecule has 2 aromatic carbocycles. The average Bonchev–Trinajstić information content (AvgIpc) is 3.42. The molecule has 1 saturated heterocycles. The van der Waals surface area contributed by atoms with Gasteiger partial charge in [-0.15, -0.1) is 0 Å². The summed E-state index contributed by atoms with van der Waals surface area (Å²) >= 11 is 0. The molecule has 5 rings (SSSR count). The molecule has 0 radical (unpaired) electrons. The number of rotatable bonds is 5. The molecule has 8 heteroatoms. The molecule has 8 nitrogen and oxygen atoms in total. The largest absolute Gasteiger partial charge is 0.496 e. The number of nitrogens with one attached hydrogen (secondary N) is 2. The van der Waals surface area contributed by atoms with Crippen molar-refractivity contribution in [1.29, 1.82) is 0 Å². The fourth-order valence-electron chi connectivity index (χ4n) is 4.65. The van der Waals surface area contributed by atoms with Crippen LogP contribution in [-0.2, 0) is 14.4 Å². The number of piperazine rings is 1. The molecule has 0 aliphatic carbocycles. The summed E-state index contributed by atoms with van der Waals surface area (Å²) < 4.78 is 5.58. The molecule has 1 fully saturated rings. The van der Waals surface area contributed by atoms with Crippen LogP contribution in [0.25, 0.3) is 22.0 Å². The number of imide groups is 1. The highest BCUT2D eigenvalue weighted by Crippen LogP contribution is 2.39. The van der Waals surface area contributed by atoms with Crippen LogP contribution in [0, 0.1) is 0 Å². The average molecular weight is 457 g/mol. The molecule has 0 unspecified atom stereocenters. The highest BCUT2D eigenvalue weighted by Gasteiger charge is 2.35. The van der Waals surface area contributed by atoms with Crippen LogP contribution in [0.15, 0.2) is 61.3 Å². The Morgan fingerprint density at radius 1 is 1.00 bits per heavy atom. The number of aromatic amines is 1. The van der Waals surface area contributed by atoms with Gasteiger partial charge in [-0.05, 0) is 30.3 Å². The van der Waals surface area contributed by atoms with Crippen LogP contribution < -0.4 is 15.0 Å². The van der Waals surface area contributed by atoms with Gasteiger partial charge in [0.05, 0.1) is 18.3 Å². The van der Waals surface area contributed by atoms with E-state index in [2.05, 4.69) is 21.8 Å². The predicted molar refractivity (Wildman–Crippen MR) is 130 cm³/mol. The number of hydrogen-bond donors (Lipinski definition) is 2. The van der Waals surface area contributed by atoms with Crippen molar-refractivity contribution < 1.29 is 19.1 Å². The second-order valence-corrected chi connectivity index (χ2v) is 8.18. The minimum atomic E-state index is -0.456. The van der Waals surface area contributed by atoms with E-state index in [0.717, 1.165) is 16.6 Å². The Kier molecular flexibility index (Phi) is 5.41. The Morgan fingerprint density at radius 3 is 2.41 bits per heavy atom. The number of benzene rings is 2. The predicted octanol–water partition coefficient (Wildman–Crippen LogP) is 2.58. The highest BCUT2D eigenvalue weighted by molar-refractivity contribution is 6.50. The second-order valence-electron chi connectivity index (χ2n) is 8.18. The fourth-order valence-corrected chi connectivity index (χ4v) is 4.65. The van der Waals surface area contributed by atoms with E-state index in [0.29, 0.717) is 48.6 Å². The summed E-state index contributed by atoms with van der Waals surface area (Å²) in [6.07, 6.45) is 3.08. The Bertz CT molecular complexity index is 1360. The Balaban J connectivity index is 1.59. The lowest BCUT2D eigenvalue weighted by atomic mass is 9.94.